The Morgan fingerprint density at radius 2 is 2.04 bits per heavy atom. The maximum Gasteiger partial charge on any atom is 0.312 e. The maximum atomic E-state index is 12.6. The molecule has 2 aromatic rings. The lowest BCUT2D eigenvalue weighted by Crippen LogP contribution is -2.31. The van der Waals surface area contributed by atoms with Crippen LogP contribution in [0.4, 0.5) is 0 Å². The molecule has 0 aliphatic carbocycles. The Balaban J connectivity index is 2.19. The number of fused-ring (bicyclic) bond motifs is 1. The highest BCUT2D eigenvalue weighted by Crippen LogP contribution is 2.39. The van der Waals surface area contributed by atoms with Crippen LogP contribution in [0.3, 0.4) is 0 Å². The first-order valence-electron chi connectivity index (χ1n) is 7.20. The Labute approximate surface area is 132 Å². The van der Waals surface area contributed by atoms with Crippen LogP contribution < -0.4 is 15.0 Å². The number of aryl methyl sites for hydroxylation is 1. The molecule has 6 nitrogen and oxygen atoms in total. The molecule has 0 amide bonds. The van der Waals surface area contributed by atoms with Crippen LogP contribution >= 0.6 is 0 Å². The van der Waals surface area contributed by atoms with E-state index >= 15 is 0 Å². The topological polar surface area (TPSA) is 77.8 Å². The fourth-order valence-electron chi connectivity index (χ4n) is 2.86. The van der Waals surface area contributed by atoms with Crippen molar-refractivity contribution in [3.63, 3.8) is 0 Å². The van der Waals surface area contributed by atoms with Gasteiger partial charge in [0.15, 0.2) is 11.5 Å². The molecule has 120 valence electrons. The number of carbonyl (C=O) groups excluding carboxylic acids is 1. The molecule has 1 aromatic carbocycles. The molecule has 0 saturated carbocycles. The summed E-state index contributed by atoms with van der Waals surface area (Å²) in [5.74, 6) is -0.256. The predicted octanol–water partition coefficient (Wildman–Crippen LogP) is 1.85. The molecule has 1 atom stereocenters. The number of ether oxygens (including phenoxy) is 2. The van der Waals surface area contributed by atoms with Crippen molar-refractivity contribution in [3.05, 3.63) is 51.4 Å². The molecular formula is C17H17NO5. The molecule has 23 heavy (non-hydrogen) atoms. The Hall–Kier alpha value is -2.76. The average Bonchev–Trinajstić information content (AvgIpc) is 2.51. The molecule has 0 spiro atoms. The first-order chi connectivity index (χ1) is 10.9. The summed E-state index contributed by atoms with van der Waals surface area (Å²) in [6.45, 7) is 1.78. The lowest BCUT2D eigenvalue weighted by atomic mass is 9.86. The highest BCUT2D eigenvalue weighted by molar-refractivity contribution is 5.77. The summed E-state index contributed by atoms with van der Waals surface area (Å²) in [5, 5.41) is 9.98. The molecule has 3 rings (SSSR count). The van der Waals surface area contributed by atoms with Gasteiger partial charge in [-0.15, -0.1) is 0 Å². The van der Waals surface area contributed by atoms with Crippen molar-refractivity contribution in [2.24, 2.45) is 7.05 Å². The summed E-state index contributed by atoms with van der Waals surface area (Å²) in [6.07, 6.45) is 0.0526. The summed E-state index contributed by atoms with van der Waals surface area (Å²) < 4.78 is 11.8. The number of esters is 1. The van der Waals surface area contributed by atoms with Crippen LogP contribution in [0.15, 0.2) is 29.1 Å². The Kier molecular flexibility index (Phi) is 3.60. The number of hydrogen-bond acceptors (Lipinski definition) is 5. The summed E-state index contributed by atoms with van der Waals surface area (Å²) in [5.41, 5.74) is 1.61. The van der Waals surface area contributed by atoms with Crippen molar-refractivity contribution in [2.45, 2.75) is 19.3 Å². The van der Waals surface area contributed by atoms with Crippen LogP contribution in [0.1, 0.15) is 29.2 Å². The van der Waals surface area contributed by atoms with E-state index in [1.54, 1.807) is 32.2 Å². The number of methoxy groups -OCH3 is 1. The number of aromatic hydroxyl groups is 1. The number of carbonyl (C=O) groups is 1. The van der Waals surface area contributed by atoms with Gasteiger partial charge in [-0.3, -0.25) is 9.59 Å². The second-order valence-corrected chi connectivity index (χ2v) is 5.59. The number of phenols is 1. The van der Waals surface area contributed by atoms with Crippen molar-refractivity contribution in [3.8, 4) is 17.2 Å². The third-order valence-corrected chi connectivity index (χ3v) is 4.22. The number of pyridine rings is 1. The van der Waals surface area contributed by atoms with Crippen LogP contribution in [0.25, 0.3) is 0 Å². The number of hydrogen-bond donors (Lipinski definition) is 1. The Morgan fingerprint density at radius 1 is 1.30 bits per heavy atom. The summed E-state index contributed by atoms with van der Waals surface area (Å²) in [7, 11) is 3.14. The Bertz CT molecular complexity index is 853. The summed E-state index contributed by atoms with van der Waals surface area (Å²) >= 11 is 0. The van der Waals surface area contributed by atoms with E-state index in [0.29, 0.717) is 28.3 Å². The Morgan fingerprint density at radius 3 is 2.70 bits per heavy atom. The largest absolute Gasteiger partial charge is 0.504 e. The zero-order chi connectivity index (χ0) is 16.7. The van der Waals surface area contributed by atoms with Gasteiger partial charge in [-0.25, -0.2) is 0 Å². The van der Waals surface area contributed by atoms with Crippen LogP contribution in [0.2, 0.25) is 0 Å². The lowest BCUT2D eigenvalue weighted by molar-refractivity contribution is -0.135. The molecule has 0 radical (unpaired) electrons. The highest BCUT2D eigenvalue weighted by Gasteiger charge is 2.32. The highest BCUT2D eigenvalue weighted by atomic mass is 16.5. The van der Waals surface area contributed by atoms with E-state index in [2.05, 4.69) is 0 Å². The predicted molar refractivity (Wildman–Crippen MR) is 83.2 cm³/mol. The smallest absolute Gasteiger partial charge is 0.312 e. The minimum atomic E-state index is -0.456. The monoisotopic (exact) mass is 315 g/mol. The first-order valence-corrected chi connectivity index (χ1v) is 7.20. The van der Waals surface area contributed by atoms with Crippen molar-refractivity contribution >= 4 is 5.97 Å². The summed E-state index contributed by atoms with van der Waals surface area (Å²) in [6, 6.07) is 6.56. The van der Waals surface area contributed by atoms with Gasteiger partial charge in [-0.05, 0) is 24.6 Å². The van der Waals surface area contributed by atoms with Crippen LogP contribution in [0.5, 0.6) is 17.2 Å². The quantitative estimate of drug-likeness (QED) is 0.856. The van der Waals surface area contributed by atoms with E-state index in [9.17, 15) is 14.7 Å². The zero-order valence-corrected chi connectivity index (χ0v) is 13.1. The molecular weight excluding hydrogens is 298 g/mol. The van der Waals surface area contributed by atoms with Crippen molar-refractivity contribution < 1.29 is 19.4 Å². The van der Waals surface area contributed by atoms with Crippen LogP contribution in [-0.2, 0) is 11.8 Å². The number of aromatic nitrogens is 1. The van der Waals surface area contributed by atoms with Gasteiger partial charge in [0.25, 0.3) is 5.56 Å². The molecule has 0 fully saturated rings. The maximum absolute atomic E-state index is 12.6. The molecule has 1 N–H and O–H groups in total. The molecule has 6 heteroatoms. The van der Waals surface area contributed by atoms with Gasteiger partial charge in [-0.1, -0.05) is 6.07 Å². The standard InChI is InChI=1S/C17H17NO5/c1-9-6-14-16(17(21)18(9)2)11(8-15(20)23-14)10-4-5-13(22-3)12(19)7-10/h4-7,11,19H,8H2,1-3H3. The number of nitrogens with zero attached hydrogens (tertiary/aromatic N) is 1. The third-order valence-electron chi connectivity index (χ3n) is 4.22. The molecule has 1 unspecified atom stereocenters. The molecule has 1 aliphatic rings. The van der Waals surface area contributed by atoms with E-state index in [1.165, 1.54) is 17.7 Å². The second kappa shape index (κ2) is 5.46. The molecule has 1 aliphatic heterocycles. The van der Waals surface area contributed by atoms with Gasteiger partial charge < -0.3 is 19.1 Å². The van der Waals surface area contributed by atoms with Crippen molar-refractivity contribution in [1.29, 1.82) is 0 Å². The van der Waals surface area contributed by atoms with Gasteiger partial charge in [0, 0.05) is 24.7 Å². The molecule has 1 aromatic heterocycles. The van der Waals surface area contributed by atoms with E-state index in [-0.39, 0.29) is 17.7 Å². The molecule has 0 bridgehead atoms. The van der Waals surface area contributed by atoms with E-state index in [0.717, 1.165) is 0 Å². The minimum Gasteiger partial charge on any atom is -0.504 e. The zero-order valence-electron chi connectivity index (χ0n) is 13.1. The second-order valence-electron chi connectivity index (χ2n) is 5.59. The number of benzene rings is 1. The first kappa shape index (κ1) is 15.1. The van der Waals surface area contributed by atoms with Crippen molar-refractivity contribution in [1.82, 2.24) is 4.57 Å². The fraction of sp³-hybridized carbons (Fsp3) is 0.294. The average molecular weight is 315 g/mol. The van der Waals surface area contributed by atoms with Gasteiger partial charge in [0.1, 0.15) is 5.75 Å². The van der Waals surface area contributed by atoms with E-state index in [1.807, 2.05) is 0 Å². The number of phenolic OH excluding ortho intramolecular Hbond substituents is 1. The molecule has 0 saturated heterocycles. The van der Waals surface area contributed by atoms with Gasteiger partial charge in [0.05, 0.1) is 19.1 Å². The third kappa shape index (κ3) is 2.46. The van der Waals surface area contributed by atoms with E-state index < -0.39 is 11.9 Å². The van der Waals surface area contributed by atoms with E-state index in [4.69, 9.17) is 9.47 Å². The SMILES string of the molecule is COc1ccc(C2CC(=O)Oc3cc(C)n(C)c(=O)c32)cc1O. The number of rotatable bonds is 2. The van der Waals surface area contributed by atoms with Crippen molar-refractivity contribution in [2.75, 3.05) is 7.11 Å². The summed E-state index contributed by atoms with van der Waals surface area (Å²) in [4.78, 5) is 24.5. The molecule has 2 heterocycles. The fourth-order valence-corrected chi connectivity index (χ4v) is 2.86. The van der Waals surface area contributed by atoms with Gasteiger partial charge in [-0.2, -0.15) is 0 Å². The van der Waals surface area contributed by atoms with Crippen LogP contribution in [0, 0.1) is 6.92 Å². The lowest BCUT2D eigenvalue weighted by Gasteiger charge is -2.25. The normalized spacial score (nSPS) is 16.7. The minimum absolute atomic E-state index is 0.0329. The van der Waals surface area contributed by atoms with Crippen LogP contribution in [-0.4, -0.2) is 22.8 Å². The van der Waals surface area contributed by atoms with Gasteiger partial charge >= 0.3 is 5.97 Å². The van der Waals surface area contributed by atoms with Gasteiger partial charge in [0.2, 0.25) is 0 Å².